The van der Waals surface area contributed by atoms with Crippen LogP contribution in [0.4, 0.5) is 28.4 Å². The molecule has 1 saturated heterocycles. The third-order valence-electron chi connectivity index (χ3n) is 6.30. The van der Waals surface area contributed by atoms with Crippen molar-refractivity contribution in [2.75, 3.05) is 18.0 Å². The van der Waals surface area contributed by atoms with Gasteiger partial charge in [-0.1, -0.05) is 28.6 Å². The van der Waals surface area contributed by atoms with Gasteiger partial charge in [0.15, 0.2) is 5.13 Å². The highest BCUT2D eigenvalue weighted by atomic mass is 32.1. The molecule has 0 unspecified atom stereocenters. The van der Waals surface area contributed by atoms with Crippen LogP contribution in [0.1, 0.15) is 35.8 Å². The molecule has 0 bridgehead atoms. The number of hydrogen-bond donors (Lipinski definition) is 0. The third-order valence-corrected chi connectivity index (χ3v) is 7.45. The van der Waals surface area contributed by atoms with Crippen LogP contribution in [0.3, 0.4) is 0 Å². The van der Waals surface area contributed by atoms with Crippen LogP contribution in [0.25, 0.3) is 21.5 Å². The van der Waals surface area contributed by atoms with Gasteiger partial charge in [0.05, 0.1) is 21.4 Å². The Bertz CT molecular complexity index is 1580. The van der Waals surface area contributed by atoms with E-state index in [4.69, 9.17) is 4.52 Å². The van der Waals surface area contributed by atoms with E-state index in [0.717, 1.165) is 18.3 Å². The number of anilines is 1. The molecule has 0 amide bonds. The summed E-state index contributed by atoms with van der Waals surface area (Å²) in [5.74, 6) is -0.157. The Morgan fingerprint density at radius 2 is 1.89 bits per heavy atom. The molecule has 192 valence electrons. The molecule has 0 saturated carbocycles. The predicted octanol–water partition coefficient (Wildman–Crippen LogP) is 5.47. The number of halogens is 4. The summed E-state index contributed by atoms with van der Waals surface area (Å²) in [5, 5.41) is 15.2. The first-order chi connectivity index (χ1) is 17.5. The number of fused-ring (bicyclic) bond motifs is 1. The lowest BCUT2D eigenvalue weighted by Gasteiger charge is -2.30. The first-order valence-corrected chi connectivity index (χ1v) is 11.9. The van der Waals surface area contributed by atoms with Crippen LogP contribution < -0.4 is 10.5 Å². The van der Waals surface area contributed by atoms with Crippen LogP contribution in [-0.2, 0) is 6.18 Å². The first kappa shape index (κ1) is 24.7. The van der Waals surface area contributed by atoms with Crippen LogP contribution in [0.2, 0.25) is 0 Å². The standard InChI is InChI=1S/C23H17F4N5O4S/c1-11-14(23(25,26)27)10-16(32(34)35)18-17(11)20(33)29-22(37-18)31-8-6-12(7-9-31)21-28-19(30-36-21)13-4-2-3-5-15(13)24/h2-5,10,12H,6-9H2,1H3. The zero-order valence-corrected chi connectivity index (χ0v) is 19.9. The second-order valence-corrected chi connectivity index (χ2v) is 9.50. The number of nitrogens with zero attached hydrogens (tertiary/aromatic N) is 5. The normalized spacial score (nSPS) is 14.9. The van der Waals surface area contributed by atoms with E-state index >= 15 is 0 Å². The molecule has 2 aromatic heterocycles. The van der Waals surface area contributed by atoms with E-state index in [1.807, 2.05) is 0 Å². The SMILES string of the molecule is Cc1c(C(F)(F)F)cc([N+](=O)[O-])c2sc(N3CCC(c4nc(-c5ccccc5F)no4)CC3)nc(=O)c12. The fraction of sp³-hybridized carbons (Fsp3) is 0.304. The van der Waals surface area contributed by atoms with Crippen LogP contribution in [0.5, 0.6) is 0 Å². The number of nitro groups is 1. The van der Waals surface area contributed by atoms with Gasteiger partial charge in [0.25, 0.3) is 11.2 Å². The second kappa shape index (κ2) is 9.18. The van der Waals surface area contributed by atoms with Gasteiger partial charge >= 0.3 is 6.18 Å². The largest absolute Gasteiger partial charge is 0.416 e. The lowest BCUT2D eigenvalue weighted by atomic mass is 9.97. The smallest absolute Gasteiger partial charge is 0.348 e. The lowest BCUT2D eigenvalue weighted by Crippen LogP contribution is -2.34. The number of nitro benzene ring substituents is 1. The predicted molar refractivity (Wildman–Crippen MR) is 126 cm³/mol. The quantitative estimate of drug-likeness (QED) is 0.192. The van der Waals surface area contributed by atoms with Gasteiger partial charge in [-0.05, 0) is 37.5 Å². The molecule has 3 heterocycles. The monoisotopic (exact) mass is 535 g/mol. The number of non-ortho nitro benzene ring substituents is 1. The molecule has 14 heteroatoms. The fourth-order valence-electron chi connectivity index (χ4n) is 4.40. The Kier molecular flexibility index (Phi) is 6.14. The molecule has 0 aliphatic carbocycles. The molecule has 9 nitrogen and oxygen atoms in total. The molecule has 0 atom stereocenters. The van der Waals surface area contributed by atoms with Gasteiger partial charge in [0.1, 0.15) is 10.5 Å². The number of rotatable bonds is 4. The number of benzene rings is 2. The van der Waals surface area contributed by atoms with E-state index < -0.39 is 44.7 Å². The van der Waals surface area contributed by atoms with Crippen molar-refractivity contribution in [2.45, 2.75) is 31.9 Å². The average molecular weight is 535 g/mol. The Labute approximate surface area is 209 Å². The Morgan fingerprint density at radius 3 is 2.54 bits per heavy atom. The Hall–Kier alpha value is -3.94. The third kappa shape index (κ3) is 4.52. The molecule has 2 aromatic carbocycles. The molecular formula is C23H17F4N5O4S. The number of aryl methyl sites for hydroxylation is 1. The van der Waals surface area contributed by atoms with Crippen LogP contribution in [0, 0.1) is 22.9 Å². The van der Waals surface area contributed by atoms with Crippen LogP contribution in [-0.4, -0.2) is 33.1 Å². The number of hydrogen-bond acceptors (Lipinski definition) is 9. The minimum Gasteiger partial charge on any atom is -0.348 e. The zero-order valence-electron chi connectivity index (χ0n) is 19.1. The lowest BCUT2D eigenvalue weighted by molar-refractivity contribution is -0.383. The molecule has 1 aliphatic heterocycles. The van der Waals surface area contributed by atoms with Crippen molar-refractivity contribution in [1.82, 2.24) is 15.1 Å². The van der Waals surface area contributed by atoms with Crippen molar-refractivity contribution in [2.24, 2.45) is 0 Å². The zero-order chi connectivity index (χ0) is 26.5. The van der Waals surface area contributed by atoms with Gasteiger partial charge in [-0.25, -0.2) is 4.39 Å². The summed E-state index contributed by atoms with van der Waals surface area (Å²) < 4.78 is 59.5. The van der Waals surface area contributed by atoms with Gasteiger partial charge in [0, 0.05) is 25.1 Å². The van der Waals surface area contributed by atoms with Crippen molar-refractivity contribution in [3.8, 4) is 11.4 Å². The maximum absolute atomic E-state index is 14.0. The summed E-state index contributed by atoms with van der Waals surface area (Å²) in [7, 11) is 0. The highest BCUT2D eigenvalue weighted by Crippen LogP contribution is 2.41. The van der Waals surface area contributed by atoms with Gasteiger partial charge in [-0.2, -0.15) is 23.1 Å². The molecule has 0 radical (unpaired) electrons. The molecule has 37 heavy (non-hydrogen) atoms. The van der Waals surface area contributed by atoms with Crippen molar-refractivity contribution >= 4 is 32.2 Å². The van der Waals surface area contributed by atoms with Crippen molar-refractivity contribution in [3.63, 3.8) is 0 Å². The van der Waals surface area contributed by atoms with E-state index in [2.05, 4.69) is 15.1 Å². The summed E-state index contributed by atoms with van der Waals surface area (Å²) in [4.78, 5) is 33.5. The van der Waals surface area contributed by atoms with Crippen LogP contribution in [0.15, 0.2) is 39.6 Å². The number of alkyl halides is 3. The number of piperidine rings is 1. The molecule has 1 fully saturated rings. The number of aromatic nitrogens is 3. The first-order valence-electron chi connectivity index (χ1n) is 11.1. The Balaban J connectivity index is 1.42. The molecule has 5 rings (SSSR count). The van der Waals surface area contributed by atoms with E-state index in [0.29, 0.717) is 37.9 Å². The summed E-state index contributed by atoms with van der Waals surface area (Å²) in [6.45, 7) is 1.86. The maximum atomic E-state index is 14.0. The molecular weight excluding hydrogens is 518 g/mol. The minimum absolute atomic E-state index is 0.130. The highest BCUT2D eigenvalue weighted by Gasteiger charge is 2.37. The van der Waals surface area contributed by atoms with Gasteiger partial charge in [-0.3, -0.25) is 14.9 Å². The summed E-state index contributed by atoms with van der Waals surface area (Å²) in [5.41, 5.74) is -3.16. The van der Waals surface area contributed by atoms with Gasteiger partial charge in [-0.15, -0.1) is 0 Å². The van der Waals surface area contributed by atoms with E-state index in [9.17, 15) is 32.5 Å². The van der Waals surface area contributed by atoms with E-state index in [-0.39, 0.29) is 27.1 Å². The molecule has 1 aliphatic rings. The van der Waals surface area contributed by atoms with Gasteiger partial charge in [0.2, 0.25) is 11.7 Å². The maximum Gasteiger partial charge on any atom is 0.416 e. The van der Waals surface area contributed by atoms with Crippen LogP contribution >= 0.6 is 11.3 Å². The Morgan fingerprint density at radius 1 is 1.19 bits per heavy atom. The topological polar surface area (TPSA) is 115 Å². The summed E-state index contributed by atoms with van der Waals surface area (Å²) in [6.07, 6.45) is -3.84. The fourth-order valence-corrected chi connectivity index (χ4v) is 5.60. The minimum atomic E-state index is -4.86. The summed E-state index contributed by atoms with van der Waals surface area (Å²) in [6, 6.07) is 6.51. The van der Waals surface area contributed by atoms with E-state index in [1.54, 1.807) is 23.1 Å². The molecule has 0 N–H and O–H groups in total. The highest BCUT2D eigenvalue weighted by molar-refractivity contribution is 7.22. The second-order valence-electron chi connectivity index (χ2n) is 8.53. The molecule has 4 aromatic rings. The van der Waals surface area contributed by atoms with Crippen molar-refractivity contribution in [3.05, 3.63) is 73.6 Å². The molecule has 0 spiro atoms. The summed E-state index contributed by atoms with van der Waals surface area (Å²) >= 11 is 0.809. The van der Waals surface area contributed by atoms with Crippen molar-refractivity contribution < 1.29 is 27.0 Å². The van der Waals surface area contributed by atoms with Crippen molar-refractivity contribution in [1.29, 1.82) is 0 Å². The average Bonchev–Trinajstić information content (AvgIpc) is 3.33. The van der Waals surface area contributed by atoms with E-state index in [1.165, 1.54) is 6.07 Å². The van der Waals surface area contributed by atoms with Gasteiger partial charge < -0.3 is 9.42 Å².